The van der Waals surface area contributed by atoms with E-state index in [1.165, 1.54) is 25.7 Å². The Hall–Kier alpha value is -1.18. The lowest BCUT2D eigenvalue weighted by atomic mass is 10.1. The van der Waals surface area contributed by atoms with E-state index in [9.17, 15) is 0 Å². The van der Waals surface area contributed by atoms with E-state index in [4.69, 9.17) is 4.74 Å². The molecule has 0 aliphatic rings. The van der Waals surface area contributed by atoms with Crippen LogP contribution in [-0.4, -0.2) is 13.2 Å². The summed E-state index contributed by atoms with van der Waals surface area (Å²) in [5, 5.41) is 3.50. The zero-order chi connectivity index (χ0) is 11.8. The van der Waals surface area contributed by atoms with Crippen LogP contribution in [0.3, 0.4) is 0 Å². The topological polar surface area (TPSA) is 21.3 Å². The number of ether oxygens (including phenoxy) is 1. The van der Waals surface area contributed by atoms with Crippen molar-refractivity contribution in [3.63, 3.8) is 0 Å². The van der Waals surface area contributed by atoms with Crippen LogP contribution in [0.4, 0.5) is 5.69 Å². The summed E-state index contributed by atoms with van der Waals surface area (Å²) in [6, 6.07) is 8.63. The molecule has 1 unspecified atom stereocenters. The second kappa shape index (κ2) is 7.15. The lowest BCUT2D eigenvalue weighted by molar-refractivity contribution is 0.415. The Balaban J connectivity index is 2.39. The van der Waals surface area contributed by atoms with E-state index < -0.39 is 0 Å². The van der Waals surface area contributed by atoms with Crippen LogP contribution in [0.5, 0.6) is 5.75 Å². The van der Waals surface area contributed by atoms with E-state index in [1.807, 2.05) is 18.2 Å². The van der Waals surface area contributed by atoms with Gasteiger partial charge in [-0.3, -0.25) is 0 Å². The molecular weight excluding hydrogens is 198 g/mol. The van der Waals surface area contributed by atoms with E-state index in [0.717, 1.165) is 11.4 Å². The smallest absolute Gasteiger partial charge is 0.120 e. The largest absolute Gasteiger partial charge is 0.497 e. The first-order chi connectivity index (χ1) is 7.76. The summed E-state index contributed by atoms with van der Waals surface area (Å²) in [6.45, 7) is 4.47. The van der Waals surface area contributed by atoms with Gasteiger partial charge in [-0.15, -0.1) is 0 Å². The Bertz CT molecular complexity index is 299. The quantitative estimate of drug-likeness (QED) is 0.701. The van der Waals surface area contributed by atoms with Crippen molar-refractivity contribution in [2.24, 2.45) is 0 Å². The van der Waals surface area contributed by atoms with Gasteiger partial charge in [0, 0.05) is 17.8 Å². The van der Waals surface area contributed by atoms with Crippen LogP contribution in [0, 0.1) is 0 Å². The average molecular weight is 221 g/mol. The molecule has 2 nitrogen and oxygen atoms in total. The van der Waals surface area contributed by atoms with Crippen molar-refractivity contribution in [2.75, 3.05) is 12.4 Å². The van der Waals surface area contributed by atoms with E-state index in [1.54, 1.807) is 7.11 Å². The number of benzene rings is 1. The Morgan fingerprint density at radius 3 is 2.81 bits per heavy atom. The lowest BCUT2D eigenvalue weighted by Crippen LogP contribution is -2.14. The fourth-order valence-corrected chi connectivity index (χ4v) is 1.77. The molecule has 0 amide bonds. The molecule has 0 aliphatic carbocycles. The highest BCUT2D eigenvalue weighted by Gasteiger charge is 2.02. The molecule has 1 aromatic rings. The van der Waals surface area contributed by atoms with Gasteiger partial charge >= 0.3 is 0 Å². The highest BCUT2D eigenvalue weighted by molar-refractivity contribution is 5.48. The molecule has 0 aliphatic heterocycles. The molecule has 0 saturated carbocycles. The predicted molar refractivity (Wildman–Crippen MR) is 70.2 cm³/mol. The normalized spacial score (nSPS) is 12.2. The zero-order valence-corrected chi connectivity index (χ0v) is 10.6. The number of nitrogens with one attached hydrogen (secondary N) is 1. The summed E-state index contributed by atoms with van der Waals surface area (Å²) in [4.78, 5) is 0. The van der Waals surface area contributed by atoms with Gasteiger partial charge in [0.2, 0.25) is 0 Å². The molecule has 2 heteroatoms. The zero-order valence-electron chi connectivity index (χ0n) is 10.6. The first-order valence-electron chi connectivity index (χ1n) is 6.17. The highest BCUT2D eigenvalue weighted by Crippen LogP contribution is 2.18. The van der Waals surface area contributed by atoms with Crippen LogP contribution in [0.15, 0.2) is 24.3 Å². The van der Waals surface area contributed by atoms with Gasteiger partial charge in [-0.25, -0.2) is 0 Å². The molecule has 0 aromatic heterocycles. The Kier molecular flexibility index (Phi) is 5.76. The summed E-state index contributed by atoms with van der Waals surface area (Å²) < 4.78 is 5.19. The van der Waals surface area contributed by atoms with Crippen LogP contribution in [0.2, 0.25) is 0 Å². The first kappa shape index (κ1) is 12.9. The molecule has 1 aromatic carbocycles. The number of rotatable bonds is 7. The predicted octanol–water partition coefficient (Wildman–Crippen LogP) is 4.08. The SMILES string of the molecule is CCCCCC(C)Nc1cccc(OC)c1. The molecule has 0 saturated heterocycles. The van der Waals surface area contributed by atoms with Crippen LogP contribution in [0.1, 0.15) is 39.5 Å². The molecule has 90 valence electrons. The van der Waals surface area contributed by atoms with Crippen molar-refractivity contribution in [1.82, 2.24) is 0 Å². The summed E-state index contributed by atoms with van der Waals surface area (Å²) in [5.74, 6) is 0.908. The Morgan fingerprint density at radius 2 is 2.12 bits per heavy atom. The third-order valence-corrected chi connectivity index (χ3v) is 2.72. The number of anilines is 1. The lowest BCUT2D eigenvalue weighted by Gasteiger charge is -2.15. The van der Waals surface area contributed by atoms with Crippen LogP contribution < -0.4 is 10.1 Å². The monoisotopic (exact) mass is 221 g/mol. The molecule has 0 spiro atoms. The molecule has 1 rings (SSSR count). The van der Waals surface area contributed by atoms with Gasteiger partial charge in [0.25, 0.3) is 0 Å². The van der Waals surface area contributed by atoms with Gasteiger partial charge < -0.3 is 10.1 Å². The van der Waals surface area contributed by atoms with Crippen molar-refractivity contribution < 1.29 is 4.74 Å². The standard InChI is InChI=1S/C14H23NO/c1-4-5-6-8-12(2)15-13-9-7-10-14(11-13)16-3/h7,9-12,15H,4-6,8H2,1-3H3. The van der Waals surface area contributed by atoms with E-state index >= 15 is 0 Å². The van der Waals surface area contributed by atoms with Gasteiger partial charge in [-0.05, 0) is 25.5 Å². The fraction of sp³-hybridized carbons (Fsp3) is 0.571. The summed E-state index contributed by atoms with van der Waals surface area (Å²) in [7, 11) is 1.70. The molecule has 0 radical (unpaired) electrons. The minimum Gasteiger partial charge on any atom is -0.497 e. The van der Waals surface area contributed by atoms with Crippen LogP contribution in [-0.2, 0) is 0 Å². The molecule has 0 bridgehead atoms. The van der Waals surface area contributed by atoms with Crippen molar-refractivity contribution in [3.8, 4) is 5.75 Å². The van der Waals surface area contributed by atoms with E-state index in [2.05, 4.69) is 25.2 Å². The number of unbranched alkanes of at least 4 members (excludes halogenated alkanes) is 2. The van der Waals surface area contributed by atoms with Gasteiger partial charge in [0.1, 0.15) is 5.75 Å². The van der Waals surface area contributed by atoms with Crippen molar-refractivity contribution in [1.29, 1.82) is 0 Å². The fourth-order valence-electron chi connectivity index (χ4n) is 1.77. The summed E-state index contributed by atoms with van der Waals surface area (Å²) in [6.07, 6.45) is 5.13. The molecule has 0 fully saturated rings. The maximum atomic E-state index is 5.19. The molecule has 1 atom stereocenters. The van der Waals surface area contributed by atoms with E-state index in [0.29, 0.717) is 6.04 Å². The second-order valence-corrected chi connectivity index (χ2v) is 4.27. The summed E-state index contributed by atoms with van der Waals surface area (Å²) >= 11 is 0. The van der Waals surface area contributed by atoms with Crippen LogP contribution >= 0.6 is 0 Å². The average Bonchev–Trinajstić information content (AvgIpc) is 2.29. The minimum absolute atomic E-state index is 0.527. The maximum absolute atomic E-state index is 5.19. The number of hydrogen-bond donors (Lipinski definition) is 1. The number of methoxy groups -OCH3 is 1. The van der Waals surface area contributed by atoms with Crippen molar-refractivity contribution in [2.45, 2.75) is 45.6 Å². The maximum Gasteiger partial charge on any atom is 0.120 e. The van der Waals surface area contributed by atoms with Gasteiger partial charge in [-0.1, -0.05) is 32.3 Å². The van der Waals surface area contributed by atoms with E-state index in [-0.39, 0.29) is 0 Å². The third-order valence-electron chi connectivity index (χ3n) is 2.72. The Morgan fingerprint density at radius 1 is 1.31 bits per heavy atom. The second-order valence-electron chi connectivity index (χ2n) is 4.27. The van der Waals surface area contributed by atoms with Crippen LogP contribution in [0.25, 0.3) is 0 Å². The summed E-state index contributed by atoms with van der Waals surface area (Å²) in [5.41, 5.74) is 1.14. The molecule has 1 N–H and O–H groups in total. The number of hydrogen-bond acceptors (Lipinski definition) is 2. The molecular formula is C14H23NO. The highest BCUT2D eigenvalue weighted by atomic mass is 16.5. The van der Waals surface area contributed by atoms with Crippen molar-refractivity contribution in [3.05, 3.63) is 24.3 Å². The third kappa shape index (κ3) is 4.56. The van der Waals surface area contributed by atoms with Crippen molar-refractivity contribution >= 4 is 5.69 Å². The van der Waals surface area contributed by atoms with Gasteiger partial charge in [0.05, 0.1) is 7.11 Å². The van der Waals surface area contributed by atoms with Gasteiger partial charge in [-0.2, -0.15) is 0 Å². The molecule has 16 heavy (non-hydrogen) atoms. The Labute approximate surface area is 99.0 Å². The molecule has 0 heterocycles. The first-order valence-corrected chi connectivity index (χ1v) is 6.17. The minimum atomic E-state index is 0.527. The van der Waals surface area contributed by atoms with Gasteiger partial charge in [0.15, 0.2) is 0 Å².